The summed E-state index contributed by atoms with van der Waals surface area (Å²) in [6, 6.07) is 0. The predicted octanol–water partition coefficient (Wildman–Crippen LogP) is 2.85. The summed E-state index contributed by atoms with van der Waals surface area (Å²) in [6.07, 6.45) is 8.58. The molecule has 2 heterocycles. The van der Waals surface area contributed by atoms with E-state index in [1.807, 2.05) is 6.20 Å². The van der Waals surface area contributed by atoms with E-state index in [-0.39, 0.29) is 24.8 Å². The van der Waals surface area contributed by atoms with Gasteiger partial charge in [-0.1, -0.05) is 12.8 Å². The van der Waals surface area contributed by atoms with Crippen molar-refractivity contribution < 1.29 is 0 Å². The van der Waals surface area contributed by atoms with Crippen LogP contribution in [0.25, 0.3) is 11.2 Å². The number of rotatable bonds is 1. The van der Waals surface area contributed by atoms with Crippen LogP contribution in [0, 0.1) is 0 Å². The summed E-state index contributed by atoms with van der Waals surface area (Å²) in [4.78, 5) is 16.0. The van der Waals surface area contributed by atoms with Gasteiger partial charge in [0.1, 0.15) is 11.3 Å². The zero-order valence-corrected chi connectivity index (χ0v) is 10.4. The Bertz CT molecular complexity index is 451. The number of aromatic nitrogens is 4. The molecule has 0 atom stereocenters. The Morgan fingerprint density at radius 2 is 1.88 bits per heavy atom. The first kappa shape index (κ1) is 13.2. The molecule has 1 aliphatic carbocycles. The van der Waals surface area contributed by atoms with Gasteiger partial charge in [-0.25, -0.2) is 15.0 Å². The summed E-state index contributed by atoms with van der Waals surface area (Å²) in [7, 11) is 0. The zero-order chi connectivity index (χ0) is 9.38. The second kappa shape index (κ2) is 5.46. The van der Waals surface area contributed by atoms with Crippen LogP contribution in [-0.4, -0.2) is 19.9 Å². The number of H-pyrrole nitrogens is 1. The second-order valence-electron chi connectivity index (χ2n) is 3.85. The topological polar surface area (TPSA) is 54.5 Å². The molecule has 0 bridgehead atoms. The minimum Gasteiger partial charge on any atom is -0.329 e. The van der Waals surface area contributed by atoms with Gasteiger partial charge < -0.3 is 4.98 Å². The fourth-order valence-electron chi connectivity index (χ4n) is 2.13. The van der Waals surface area contributed by atoms with Gasteiger partial charge in [-0.15, -0.1) is 24.8 Å². The molecule has 0 unspecified atom stereocenters. The maximum absolute atomic E-state index is 4.49. The number of hydrogen-bond donors (Lipinski definition) is 1. The first-order valence-electron chi connectivity index (χ1n) is 5.09. The van der Waals surface area contributed by atoms with E-state index in [1.165, 1.54) is 25.7 Å². The van der Waals surface area contributed by atoms with Crippen molar-refractivity contribution in [2.45, 2.75) is 31.6 Å². The van der Waals surface area contributed by atoms with Crippen LogP contribution >= 0.6 is 24.8 Å². The molecule has 4 nitrogen and oxygen atoms in total. The van der Waals surface area contributed by atoms with Gasteiger partial charge in [0.25, 0.3) is 0 Å². The Hall–Kier alpha value is -0.870. The minimum atomic E-state index is 0. The molecule has 0 aliphatic heterocycles. The SMILES string of the molecule is Cl.Cl.c1nc2cnc(C3CCCC3)nc2[nH]1. The first-order valence-corrected chi connectivity index (χ1v) is 5.09. The van der Waals surface area contributed by atoms with Crippen LogP contribution in [0.15, 0.2) is 12.5 Å². The highest BCUT2D eigenvalue weighted by Gasteiger charge is 2.19. The lowest BCUT2D eigenvalue weighted by molar-refractivity contribution is 0.671. The lowest BCUT2D eigenvalue weighted by atomic mass is 10.1. The van der Waals surface area contributed by atoms with Gasteiger partial charge in [-0.2, -0.15) is 0 Å². The lowest BCUT2D eigenvalue weighted by Crippen LogP contribution is -1.99. The third-order valence-electron chi connectivity index (χ3n) is 2.91. The number of imidazole rings is 1. The van der Waals surface area contributed by atoms with Crippen molar-refractivity contribution in [1.82, 2.24) is 19.9 Å². The van der Waals surface area contributed by atoms with Gasteiger partial charge in [-0.3, -0.25) is 0 Å². The largest absolute Gasteiger partial charge is 0.329 e. The molecule has 1 fully saturated rings. The van der Waals surface area contributed by atoms with Crippen LogP contribution in [0.4, 0.5) is 0 Å². The van der Waals surface area contributed by atoms with Gasteiger partial charge in [0, 0.05) is 5.92 Å². The molecule has 1 saturated carbocycles. The van der Waals surface area contributed by atoms with Gasteiger partial charge in [0.15, 0.2) is 5.65 Å². The number of nitrogens with zero attached hydrogens (tertiary/aromatic N) is 3. The number of fused-ring (bicyclic) bond motifs is 1. The van der Waals surface area contributed by atoms with Crippen molar-refractivity contribution in [3.05, 3.63) is 18.3 Å². The lowest BCUT2D eigenvalue weighted by Gasteiger charge is -2.05. The maximum Gasteiger partial charge on any atom is 0.160 e. The molecular formula is C10H14Cl2N4. The van der Waals surface area contributed by atoms with Gasteiger partial charge in [0.2, 0.25) is 0 Å². The van der Waals surface area contributed by atoms with Crippen LogP contribution in [-0.2, 0) is 0 Å². The molecule has 2 aromatic heterocycles. The average Bonchev–Trinajstić information content (AvgIpc) is 2.88. The summed E-state index contributed by atoms with van der Waals surface area (Å²) in [5.74, 6) is 1.56. The third-order valence-corrected chi connectivity index (χ3v) is 2.91. The van der Waals surface area contributed by atoms with Crippen LogP contribution in [0.3, 0.4) is 0 Å². The highest BCUT2D eigenvalue weighted by Crippen LogP contribution is 2.32. The standard InChI is InChI=1S/C10H12N4.2ClH/c1-2-4-7(3-1)9-11-5-8-10(14-9)13-6-12-8;;/h5-7H,1-4H2,(H,11,12,13,14);2*1H. The summed E-state index contributed by atoms with van der Waals surface area (Å²) in [5, 5.41) is 0. The monoisotopic (exact) mass is 260 g/mol. The molecule has 0 amide bonds. The quantitative estimate of drug-likeness (QED) is 0.858. The number of halogens is 2. The molecule has 0 spiro atoms. The number of hydrogen-bond acceptors (Lipinski definition) is 3. The Balaban J connectivity index is 0.000000640. The van der Waals surface area contributed by atoms with E-state index < -0.39 is 0 Å². The van der Waals surface area contributed by atoms with Gasteiger partial charge in [-0.05, 0) is 12.8 Å². The predicted molar refractivity (Wildman–Crippen MR) is 67.4 cm³/mol. The van der Waals surface area contributed by atoms with E-state index in [4.69, 9.17) is 0 Å². The zero-order valence-electron chi connectivity index (χ0n) is 8.72. The molecule has 1 N–H and O–H groups in total. The summed E-state index contributed by atoms with van der Waals surface area (Å²) < 4.78 is 0. The Morgan fingerprint density at radius 3 is 2.62 bits per heavy atom. The van der Waals surface area contributed by atoms with Crippen LogP contribution in [0.1, 0.15) is 37.4 Å². The van der Waals surface area contributed by atoms with E-state index in [0.29, 0.717) is 5.92 Å². The van der Waals surface area contributed by atoms with E-state index in [9.17, 15) is 0 Å². The second-order valence-corrected chi connectivity index (χ2v) is 3.85. The van der Waals surface area contributed by atoms with Crippen molar-refractivity contribution in [2.75, 3.05) is 0 Å². The van der Waals surface area contributed by atoms with E-state index in [2.05, 4.69) is 19.9 Å². The molecule has 1 aliphatic rings. The van der Waals surface area contributed by atoms with Gasteiger partial charge >= 0.3 is 0 Å². The number of nitrogens with one attached hydrogen (secondary N) is 1. The Kier molecular flexibility index (Phi) is 4.50. The molecule has 16 heavy (non-hydrogen) atoms. The van der Waals surface area contributed by atoms with Crippen molar-refractivity contribution >= 4 is 36.0 Å². The highest BCUT2D eigenvalue weighted by molar-refractivity contribution is 5.85. The van der Waals surface area contributed by atoms with Crippen LogP contribution in [0.5, 0.6) is 0 Å². The molecule has 0 saturated heterocycles. The maximum atomic E-state index is 4.49. The fraction of sp³-hybridized carbons (Fsp3) is 0.500. The van der Waals surface area contributed by atoms with Crippen LogP contribution in [0.2, 0.25) is 0 Å². The number of aromatic amines is 1. The molecule has 6 heteroatoms. The average molecular weight is 261 g/mol. The van der Waals surface area contributed by atoms with E-state index in [0.717, 1.165) is 17.0 Å². The van der Waals surface area contributed by atoms with Crippen molar-refractivity contribution in [1.29, 1.82) is 0 Å². The van der Waals surface area contributed by atoms with Gasteiger partial charge in [0.05, 0.1) is 12.5 Å². The third kappa shape index (κ3) is 2.28. The van der Waals surface area contributed by atoms with Crippen molar-refractivity contribution in [3.63, 3.8) is 0 Å². The molecule has 3 rings (SSSR count). The molecule has 2 aromatic rings. The van der Waals surface area contributed by atoms with Crippen molar-refractivity contribution in [3.8, 4) is 0 Å². The Morgan fingerprint density at radius 1 is 1.12 bits per heavy atom. The summed E-state index contributed by atoms with van der Waals surface area (Å²) in [5.41, 5.74) is 1.72. The molecular weight excluding hydrogens is 247 g/mol. The molecule has 88 valence electrons. The summed E-state index contributed by atoms with van der Waals surface area (Å²) in [6.45, 7) is 0. The molecule has 0 aromatic carbocycles. The minimum absolute atomic E-state index is 0. The van der Waals surface area contributed by atoms with Crippen molar-refractivity contribution in [2.24, 2.45) is 0 Å². The first-order chi connectivity index (χ1) is 6.93. The Labute approximate surface area is 106 Å². The smallest absolute Gasteiger partial charge is 0.160 e. The van der Waals surface area contributed by atoms with Crippen LogP contribution < -0.4 is 0 Å². The summed E-state index contributed by atoms with van der Waals surface area (Å²) >= 11 is 0. The van der Waals surface area contributed by atoms with E-state index in [1.54, 1.807) is 6.33 Å². The normalized spacial score (nSPS) is 15.8. The van der Waals surface area contributed by atoms with E-state index >= 15 is 0 Å². The highest BCUT2D eigenvalue weighted by atomic mass is 35.5. The fourth-order valence-corrected chi connectivity index (χ4v) is 2.13. The molecule has 0 radical (unpaired) electrons.